The van der Waals surface area contributed by atoms with E-state index in [0.717, 1.165) is 37.8 Å². The van der Waals surface area contributed by atoms with Crippen LogP contribution < -0.4 is 27.2 Å². The van der Waals surface area contributed by atoms with Crippen LogP contribution in [0.3, 0.4) is 0 Å². The van der Waals surface area contributed by atoms with Crippen molar-refractivity contribution < 1.29 is 27.6 Å². The molecule has 10 nitrogen and oxygen atoms in total. The largest absolute Gasteiger partial charge is 0.402 e. The van der Waals surface area contributed by atoms with Gasteiger partial charge >= 0.3 is 6.18 Å². The number of hydrogen-bond acceptors (Lipinski definition) is 8. The number of nitrogens with zero attached hydrogens (tertiary/aromatic N) is 2. The summed E-state index contributed by atoms with van der Waals surface area (Å²) in [5, 5.41) is 5.64. The molecule has 2 fully saturated rings. The summed E-state index contributed by atoms with van der Waals surface area (Å²) in [5.74, 6) is -1.43. The second kappa shape index (κ2) is 13.7. The number of hydrazine groups is 1. The van der Waals surface area contributed by atoms with Crippen molar-refractivity contribution in [1.29, 1.82) is 0 Å². The molecular formula is C24H34F3N7O3S. The number of nitrogens with two attached hydrogens (primary N) is 1. The first-order valence-corrected chi connectivity index (χ1v) is 13.4. The number of carbonyl (C=O) groups excluding carboxylic acids is 3. The first-order chi connectivity index (χ1) is 18.1. The molecule has 6 N–H and O–H groups in total. The maximum atomic E-state index is 12.9. The summed E-state index contributed by atoms with van der Waals surface area (Å²) < 4.78 is 36.9. The molecule has 2 aliphatic heterocycles. The van der Waals surface area contributed by atoms with Crippen LogP contribution in [0.2, 0.25) is 0 Å². The topological polar surface area (TPSA) is 132 Å². The predicted molar refractivity (Wildman–Crippen MR) is 140 cm³/mol. The smallest absolute Gasteiger partial charge is 0.392 e. The summed E-state index contributed by atoms with van der Waals surface area (Å²) in [7, 11) is 0. The minimum Gasteiger partial charge on any atom is -0.392 e. The minimum atomic E-state index is -4.51. The van der Waals surface area contributed by atoms with Crippen LogP contribution in [-0.4, -0.2) is 84.8 Å². The zero-order chi connectivity index (χ0) is 27.7. The van der Waals surface area contributed by atoms with E-state index in [1.165, 1.54) is 17.7 Å². The van der Waals surface area contributed by atoms with Gasteiger partial charge in [-0.15, -0.1) is 0 Å². The summed E-state index contributed by atoms with van der Waals surface area (Å²) in [6.45, 7) is 4.49. The standard InChI is InChI=1S/C24H34F3N7O3S/c1-2-34-22(37)18(38-23(34)19(28)21(36)32-31-15-24(25,26)27)14-30-17-8-5-7-16(13-17)20(35)29-9-6-12-33-10-3-4-11-33/h5,7-8,13,18,30-31H,2-4,6,9-12,14-15,28H2,1H3,(H,29,35)(H,32,36)/b23-19+/t18-/m1/s1. The molecule has 1 aromatic carbocycles. The van der Waals surface area contributed by atoms with Gasteiger partial charge in [-0.25, -0.2) is 5.43 Å². The van der Waals surface area contributed by atoms with Gasteiger partial charge in [-0.1, -0.05) is 17.8 Å². The number of rotatable bonds is 12. The zero-order valence-electron chi connectivity index (χ0n) is 21.2. The lowest BCUT2D eigenvalue weighted by Gasteiger charge is -2.17. The number of amides is 3. The highest BCUT2D eigenvalue weighted by Gasteiger charge is 2.38. The van der Waals surface area contributed by atoms with Gasteiger partial charge < -0.3 is 26.2 Å². The Kier molecular flexibility index (Phi) is 10.7. The lowest BCUT2D eigenvalue weighted by Crippen LogP contribution is -2.45. The molecule has 0 aliphatic carbocycles. The highest BCUT2D eigenvalue weighted by atomic mass is 32.2. The highest BCUT2D eigenvalue weighted by molar-refractivity contribution is 8.04. The van der Waals surface area contributed by atoms with Gasteiger partial charge in [-0.2, -0.15) is 13.2 Å². The number of benzene rings is 1. The van der Waals surface area contributed by atoms with E-state index < -0.39 is 23.9 Å². The summed E-state index contributed by atoms with van der Waals surface area (Å²) in [5.41, 5.74) is 10.3. The van der Waals surface area contributed by atoms with Crippen LogP contribution >= 0.6 is 11.8 Å². The molecular weight excluding hydrogens is 523 g/mol. The highest BCUT2D eigenvalue weighted by Crippen LogP contribution is 2.36. The van der Waals surface area contributed by atoms with Crippen LogP contribution in [0.25, 0.3) is 0 Å². The van der Waals surface area contributed by atoms with Crippen LogP contribution in [0, 0.1) is 0 Å². The van der Waals surface area contributed by atoms with E-state index in [4.69, 9.17) is 5.73 Å². The third-order valence-corrected chi connectivity index (χ3v) is 7.39. The lowest BCUT2D eigenvalue weighted by atomic mass is 10.2. The molecule has 2 heterocycles. The molecule has 3 rings (SSSR count). The van der Waals surface area contributed by atoms with Crippen molar-refractivity contribution in [2.45, 2.75) is 37.6 Å². The van der Waals surface area contributed by atoms with Crippen molar-refractivity contribution in [2.75, 3.05) is 51.1 Å². The molecule has 3 amide bonds. The van der Waals surface area contributed by atoms with E-state index in [2.05, 4.69) is 15.5 Å². The number of alkyl halides is 3. The third kappa shape index (κ3) is 8.53. The second-order valence-electron chi connectivity index (χ2n) is 8.95. The molecule has 0 radical (unpaired) electrons. The Morgan fingerprint density at radius 1 is 1.21 bits per heavy atom. The Labute approximate surface area is 223 Å². The zero-order valence-corrected chi connectivity index (χ0v) is 22.0. The molecule has 1 aromatic rings. The average Bonchev–Trinajstić information content (AvgIpc) is 3.51. The Hall–Kier alpha value is -2.97. The number of carbonyl (C=O) groups is 3. The first-order valence-electron chi connectivity index (χ1n) is 12.5. The number of nitrogens with one attached hydrogen (secondary N) is 4. The Morgan fingerprint density at radius 3 is 2.63 bits per heavy atom. The van der Waals surface area contributed by atoms with Gasteiger partial charge in [0, 0.05) is 30.9 Å². The van der Waals surface area contributed by atoms with E-state index in [-0.39, 0.29) is 35.6 Å². The fourth-order valence-electron chi connectivity index (χ4n) is 4.14. The quantitative estimate of drug-likeness (QED) is 0.149. The molecule has 2 aliphatic rings. The average molecular weight is 558 g/mol. The van der Waals surface area contributed by atoms with Crippen LogP contribution in [0.1, 0.15) is 36.5 Å². The van der Waals surface area contributed by atoms with Crippen molar-refractivity contribution in [3.8, 4) is 0 Å². The Bertz CT molecular complexity index is 1030. The van der Waals surface area contributed by atoms with Gasteiger partial charge in [0.25, 0.3) is 11.8 Å². The minimum absolute atomic E-state index is 0.178. The molecule has 0 saturated carbocycles. The van der Waals surface area contributed by atoms with Crippen LogP contribution in [0.5, 0.6) is 0 Å². The second-order valence-corrected chi connectivity index (χ2v) is 10.1. The van der Waals surface area contributed by atoms with Crippen molar-refractivity contribution >= 4 is 35.2 Å². The number of thioether (sulfide) groups is 1. The molecule has 210 valence electrons. The van der Waals surface area contributed by atoms with E-state index in [9.17, 15) is 27.6 Å². The summed E-state index contributed by atoms with van der Waals surface area (Å²) in [4.78, 5) is 41.3. The predicted octanol–water partition coefficient (Wildman–Crippen LogP) is 1.59. The van der Waals surface area contributed by atoms with Crippen molar-refractivity contribution in [1.82, 2.24) is 26.0 Å². The van der Waals surface area contributed by atoms with Gasteiger partial charge in [-0.3, -0.25) is 19.8 Å². The van der Waals surface area contributed by atoms with Crippen molar-refractivity contribution in [3.63, 3.8) is 0 Å². The Balaban J connectivity index is 1.52. The number of halogens is 3. The van der Waals surface area contributed by atoms with Crippen molar-refractivity contribution in [3.05, 3.63) is 40.6 Å². The molecule has 14 heteroatoms. The van der Waals surface area contributed by atoms with E-state index in [0.29, 0.717) is 17.8 Å². The first kappa shape index (κ1) is 29.6. The molecule has 2 saturated heterocycles. The van der Waals surface area contributed by atoms with Gasteiger partial charge in [0.1, 0.15) is 22.5 Å². The SMILES string of the molecule is CCN1C(=O)[C@@H](CNc2cccc(C(=O)NCCCN3CCCC3)c2)S/C1=C(/N)C(=O)NNCC(F)(F)F. The van der Waals surface area contributed by atoms with Crippen LogP contribution in [-0.2, 0) is 9.59 Å². The fourth-order valence-corrected chi connectivity index (χ4v) is 5.37. The number of anilines is 1. The molecule has 1 atom stereocenters. The summed E-state index contributed by atoms with van der Waals surface area (Å²) in [6.07, 6.45) is -1.16. The molecule has 0 spiro atoms. The Morgan fingerprint density at radius 2 is 1.95 bits per heavy atom. The summed E-state index contributed by atoms with van der Waals surface area (Å²) >= 11 is 1.05. The molecule has 0 bridgehead atoms. The fraction of sp³-hybridized carbons (Fsp3) is 0.542. The summed E-state index contributed by atoms with van der Waals surface area (Å²) in [6, 6.07) is 6.92. The van der Waals surface area contributed by atoms with Gasteiger partial charge in [0.15, 0.2) is 0 Å². The van der Waals surface area contributed by atoms with Gasteiger partial charge in [0.05, 0.1) is 0 Å². The van der Waals surface area contributed by atoms with Crippen LogP contribution in [0.4, 0.5) is 18.9 Å². The van der Waals surface area contributed by atoms with E-state index >= 15 is 0 Å². The molecule has 38 heavy (non-hydrogen) atoms. The number of hydrogen-bond donors (Lipinski definition) is 5. The number of likely N-dealkylation sites (tertiary alicyclic amines) is 1. The third-order valence-electron chi connectivity index (χ3n) is 6.07. The maximum Gasteiger partial charge on any atom is 0.402 e. The van der Waals surface area contributed by atoms with Crippen LogP contribution in [0.15, 0.2) is 35.0 Å². The maximum absolute atomic E-state index is 12.9. The van der Waals surface area contributed by atoms with Crippen molar-refractivity contribution in [2.24, 2.45) is 5.73 Å². The van der Waals surface area contributed by atoms with E-state index in [1.807, 2.05) is 5.43 Å². The lowest BCUT2D eigenvalue weighted by molar-refractivity contribution is -0.131. The monoisotopic (exact) mass is 557 g/mol. The van der Waals surface area contributed by atoms with Gasteiger partial charge in [-0.05, 0) is 64.0 Å². The normalized spacial score (nSPS) is 19.5. The molecule has 0 aromatic heterocycles. The van der Waals surface area contributed by atoms with Gasteiger partial charge in [0.2, 0.25) is 5.91 Å². The van der Waals surface area contributed by atoms with E-state index in [1.54, 1.807) is 36.6 Å². The molecule has 0 unspecified atom stereocenters.